The Bertz CT molecular complexity index is 993. The smallest absolute Gasteiger partial charge is 0.341 e. The maximum absolute atomic E-state index is 11.8. The Labute approximate surface area is 147 Å². The van der Waals surface area contributed by atoms with Crippen LogP contribution in [0.25, 0.3) is 16.6 Å². The summed E-state index contributed by atoms with van der Waals surface area (Å²) in [5.41, 5.74) is 2.08. The van der Waals surface area contributed by atoms with Gasteiger partial charge in [-0.2, -0.15) is 0 Å². The van der Waals surface area contributed by atoms with Gasteiger partial charge >= 0.3 is 11.9 Å². The topological polar surface area (TPSA) is 88.8 Å². The van der Waals surface area contributed by atoms with Crippen LogP contribution in [0.4, 0.5) is 0 Å². The van der Waals surface area contributed by atoms with E-state index in [2.05, 4.69) is 0 Å². The van der Waals surface area contributed by atoms with Crippen LogP contribution in [0.3, 0.4) is 0 Å². The monoisotopic (exact) mass is 359 g/mol. The first-order valence-corrected chi connectivity index (χ1v) is 7.75. The SMILES string of the molecule is Cc1c(C(=O)O)c2cc(OCC(=O)O)ccc2n1-c1cccc(Cl)c1. The number of halogens is 1. The van der Waals surface area contributed by atoms with Crippen LogP contribution >= 0.6 is 11.6 Å². The fraction of sp³-hybridized carbons (Fsp3) is 0.111. The summed E-state index contributed by atoms with van der Waals surface area (Å²) in [5.74, 6) is -1.88. The maximum Gasteiger partial charge on any atom is 0.341 e. The van der Waals surface area contributed by atoms with Gasteiger partial charge in [0, 0.05) is 21.8 Å². The zero-order valence-electron chi connectivity index (χ0n) is 13.2. The number of ether oxygens (including phenoxy) is 1. The first-order valence-electron chi connectivity index (χ1n) is 7.37. The van der Waals surface area contributed by atoms with Crippen LogP contribution in [-0.4, -0.2) is 33.3 Å². The molecule has 0 aliphatic rings. The van der Waals surface area contributed by atoms with Crippen LogP contribution in [0.1, 0.15) is 16.1 Å². The van der Waals surface area contributed by atoms with Gasteiger partial charge in [0.1, 0.15) is 5.75 Å². The van der Waals surface area contributed by atoms with E-state index in [-0.39, 0.29) is 5.56 Å². The minimum absolute atomic E-state index is 0.135. The van der Waals surface area contributed by atoms with Crippen LogP contribution in [0.2, 0.25) is 5.02 Å². The van der Waals surface area contributed by atoms with E-state index in [1.807, 2.05) is 6.07 Å². The molecule has 0 aliphatic carbocycles. The maximum atomic E-state index is 11.8. The molecule has 1 heterocycles. The number of aromatic carboxylic acids is 1. The molecule has 2 aromatic carbocycles. The minimum atomic E-state index is -1.11. The second-order valence-electron chi connectivity index (χ2n) is 5.44. The fourth-order valence-corrected chi connectivity index (χ4v) is 3.04. The second kappa shape index (κ2) is 6.49. The van der Waals surface area contributed by atoms with Crippen molar-refractivity contribution in [3.63, 3.8) is 0 Å². The van der Waals surface area contributed by atoms with Crippen molar-refractivity contribution in [3.8, 4) is 11.4 Å². The number of benzene rings is 2. The van der Waals surface area contributed by atoms with Crippen molar-refractivity contribution in [2.75, 3.05) is 6.61 Å². The van der Waals surface area contributed by atoms with E-state index >= 15 is 0 Å². The van der Waals surface area contributed by atoms with Crippen LogP contribution in [0.15, 0.2) is 42.5 Å². The third kappa shape index (κ3) is 3.16. The Kier molecular flexibility index (Phi) is 4.37. The number of rotatable bonds is 5. The highest BCUT2D eigenvalue weighted by molar-refractivity contribution is 6.30. The van der Waals surface area contributed by atoms with Crippen molar-refractivity contribution < 1.29 is 24.5 Å². The van der Waals surface area contributed by atoms with Gasteiger partial charge in [0.05, 0.1) is 11.1 Å². The molecule has 0 aliphatic heterocycles. The molecule has 0 atom stereocenters. The Morgan fingerprint density at radius 3 is 2.56 bits per heavy atom. The number of hydrogen-bond acceptors (Lipinski definition) is 3. The summed E-state index contributed by atoms with van der Waals surface area (Å²) in [6.07, 6.45) is 0. The van der Waals surface area contributed by atoms with Gasteiger partial charge in [0.15, 0.2) is 6.61 Å². The summed E-state index contributed by atoms with van der Waals surface area (Å²) in [7, 11) is 0. The lowest BCUT2D eigenvalue weighted by atomic mass is 10.1. The Balaban J connectivity index is 2.23. The summed E-state index contributed by atoms with van der Waals surface area (Å²) in [6.45, 7) is 1.21. The molecule has 0 bridgehead atoms. The first-order chi connectivity index (χ1) is 11.9. The predicted molar refractivity (Wildman–Crippen MR) is 93.1 cm³/mol. The van der Waals surface area contributed by atoms with Gasteiger partial charge in [0.2, 0.25) is 0 Å². The molecule has 7 heteroatoms. The quantitative estimate of drug-likeness (QED) is 0.724. The zero-order valence-corrected chi connectivity index (χ0v) is 13.9. The summed E-state index contributed by atoms with van der Waals surface area (Å²) in [5, 5.41) is 19.3. The van der Waals surface area contributed by atoms with Crippen LogP contribution in [-0.2, 0) is 4.79 Å². The van der Waals surface area contributed by atoms with E-state index in [4.69, 9.17) is 21.4 Å². The predicted octanol–water partition coefficient (Wildman–Crippen LogP) is 3.75. The summed E-state index contributed by atoms with van der Waals surface area (Å²) >= 11 is 6.06. The molecule has 128 valence electrons. The number of aliphatic carboxylic acids is 1. The van der Waals surface area contributed by atoms with Gasteiger partial charge in [-0.15, -0.1) is 0 Å². The van der Waals surface area contributed by atoms with Gasteiger partial charge in [0.25, 0.3) is 0 Å². The third-order valence-electron chi connectivity index (χ3n) is 3.82. The number of fused-ring (bicyclic) bond motifs is 1. The lowest BCUT2D eigenvalue weighted by molar-refractivity contribution is -0.139. The molecule has 6 nitrogen and oxygen atoms in total. The molecule has 0 radical (unpaired) electrons. The van der Waals surface area contributed by atoms with Crippen LogP contribution < -0.4 is 4.74 Å². The van der Waals surface area contributed by atoms with Crippen LogP contribution in [0, 0.1) is 6.92 Å². The number of carboxylic acid groups (broad SMARTS) is 2. The van der Waals surface area contributed by atoms with E-state index in [0.29, 0.717) is 27.4 Å². The number of aromatic nitrogens is 1. The number of carbonyl (C=O) groups is 2. The van der Waals surface area contributed by atoms with Gasteiger partial charge in [-0.25, -0.2) is 9.59 Å². The molecule has 0 saturated carbocycles. The molecule has 3 aromatic rings. The lowest BCUT2D eigenvalue weighted by Gasteiger charge is -2.09. The van der Waals surface area contributed by atoms with Gasteiger partial charge in [-0.05, 0) is 43.3 Å². The summed E-state index contributed by atoms with van der Waals surface area (Å²) in [4.78, 5) is 22.4. The van der Waals surface area contributed by atoms with E-state index in [0.717, 1.165) is 5.69 Å². The van der Waals surface area contributed by atoms with Crippen molar-refractivity contribution in [2.24, 2.45) is 0 Å². The molecular formula is C18H14ClNO5. The van der Waals surface area contributed by atoms with Crippen molar-refractivity contribution in [3.05, 3.63) is 58.7 Å². The molecule has 0 amide bonds. The second-order valence-corrected chi connectivity index (χ2v) is 5.88. The van der Waals surface area contributed by atoms with Gasteiger partial charge in [-0.3, -0.25) is 0 Å². The molecule has 0 spiro atoms. The van der Waals surface area contributed by atoms with Crippen molar-refractivity contribution in [1.82, 2.24) is 4.57 Å². The van der Waals surface area contributed by atoms with E-state index < -0.39 is 18.5 Å². The Hall–Kier alpha value is -2.99. The lowest BCUT2D eigenvalue weighted by Crippen LogP contribution is -2.09. The fourth-order valence-electron chi connectivity index (χ4n) is 2.85. The van der Waals surface area contributed by atoms with E-state index in [1.54, 1.807) is 41.8 Å². The molecule has 0 unspecified atom stereocenters. The largest absolute Gasteiger partial charge is 0.482 e. The molecule has 0 saturated heterocycles. The van der Waals surface area contributed by atoms with Crippen molar-refractivity contribution in [1.29, 1.82) is 0 Å². The Morgan fingerprint density at radius 2 is 1.92 bits per heavy atom. The van der Waals surface area contributed by atoms with E-state index in [9.17, 15) is 14.7 Å². The molecule has 25 heavy (non-hydrogen) atoms. The summed E-state index contributed by atoms with van der Waals surface area (Å²) < 4.78 is 6.96. The first kappa shape index (κ1) is 16.9. The van der Waals surface area contributed by atoms with Crippen molar-refractivity contribution in [2.45, 2.75) is 6.92 Å². The Morgan fingerprint density at radius 1 is 1.16 bits per heavy atom. The number of nitrogens with zero attached hydrogens (tertiary/aromatic N) is 1. The van der Waals surface area contributed by atoms with Gasteiger partial charge in [-0.1, -0.05) is 17.7 Å². The summed E-state index contributed by atoms with van der Waals surface area (Å²) in [6, 6.07) is 11.9. The molecule has 3 rings (SSSR count). The highest BCUT2D eigenvalue weighted by Crippen LogP contribution is 2.32. The van der Waals surface area contributed by atoms with Gasteiger partial charge < -0.3 is 19.5 Å². The highest BCUT2D eigenvalue weighted by atomic mass is 35.5. The number of hydrogen-bond donors (Lipinski definition) is 2. The molecular weight excluding hydrogens is 346 g/mol. The van der Waals surface area contributed by atoms with Crippen LogP contribution in [0.5, 0.6) is 5.75 Å². The average molecular weight is 360 g/mol. The third-order valence-corrected chi connectivity index (χ3v) is 4.05. The standard InChI is InChI=1S/C18H14ClNO5/c1-10-17(18(23)24)14-8-13(25-9-16(21)22)5-6-15(14)20(10)12-4-2-3-11(19)7-12/h2-8H,9H2,1H3,(H,21,22)(H,23,24). The molecule has 1 aromatic heterocycles. The minimum Gasteiger partial charge on any atom is -0.482 e. The zero-order chi connectivity index (χ0) is 18.1. The normalized spacial score (nSPS) is 10.8. The molecule has 2 N–H and O–H groups in total. The van der Waals surface area contributed by atoms with Crippen molar-refractivity contribution >= 4 is 34.4 Å². The number of carboxylic acids is 2. The average Bonchev–Trinajstić information content (AvgIpc) is 2.84. The highest BCUT2D eigenvalue weighted by Gasteiger charge is 2.21. The molecule has 0 fully saturated rings. The van der Waals surface area contributed by atoms with E-state index in [1.165, 1.54) is 6.07 Å².